The van der Waals surface area contributed by atoms with E-state index in [1.807, 2.05) is 30.7 Å². The maximum absolute atomic E-state index is 12.0. The molecule has 1 heterocycles. The van der Waals surface area contributed by atoms with Crippen molar-refractivity contribution in [1.82, 2.24) is 5.32 Å². The minimum absolute atomic E-state index is 0.0988. The highest BCUT2D eigenvalue weighted by atomic mass is 35.5. The molecule has 2 aromatic rings. The fourth-order valence-corrected chi connectivity index (χ4v) is 3.11. The Kier molecular flexibility index (Phi) is 7.25. The molecule has 2 rings (SSSR count). The average molecular weight is 383 g/mol. The summed E-state index contributed by atoms with van der Waals surface area (Å²) < 4.78 is 5.59. The summed E-state index contributed by atoms with van der Waals surface area (Å²) in [6, 6.07) is 7.35. The van der Waals surface area contributed by atoms with E-state index in [4.69, 9.17) is 16.3 Å². The molecule has 5 nitrogen and oxygen atoms in total. The summed E-state index contributed by atoms with van der Waals surface area (Å²) in [5.41, 5.74) is 1.47. The number of aliphatic hydroxyl groups is 1. The number of aliphatic hydroxyl groups excluding tert-OH is 1. The highest BCUT2D eigenvalue weighted by molar-refractivity contribution is 7.08. The van der Waals surface area contributed by atoms with Gasteiger partial charge in [0.1, 0.15) is 18.5 Å². The van der Waals surface area contributed by atoms with Gasteiger partial charge in [-0.25, -0.2) is 0 Å². The number of rotatable bonds is 8. The second-order valence-electron chi connectivity index (χ2n) is 5.98. The van der Waals surface area contributed by atoms with Crippen LogP contribution in [0.4, 0.5) is 11.4 Å². The first kappa shape index (κ1) is 19.7. The maximum Gasteiger partial charge on any atom is 0.228 e. The number of hydrogen-bond acceptors (Lipinski definition) is 5. The van der Waals surface area contributed by atoms with Crippen LogP contribution in [0.15, 0.2) is 35.0 Å². The van der Waals surface area contributed by atoms with Gasteiger partial charge in [-0.2, -0.15) is 11.3 Å². The lowest BCUT2D eigenvalue weighted by atomic mass is 10.2. The molecule has 1 aromatic heterocycles. The van der Waals surface area contributed by atoms with Crippen LogP contribution in [0.2, 0.25) is 5.02 Å². The minimum atomic E-state index is -0.627. The molecule has 0 saturated heterocycles. The Hall–Kier alpha value is -1.60. The molecule has 0 bridgehead atoms. The van der Waals surface area contributed by atoms with E-state index in [-0.39, 0.29) is 12.5 Å². The van der Waals surface area contributed by atoms with Gasteiger partial charge in [0, 0.05) is 24.9 Å². The third kappa shape index (κ3) is 5.71. The number of amides is 1. The number of halogens is 1. The van der Waals surface area contributed by atoms with E-state index < -0.39 is 6.10 Å². The van der Waals surface area contributed by atoms with E-state index in [0.29, 0.717) is 29.0 Å². The van der Waals surface area contributed by atoms with E-state index in [9.17, 15) is 9.90 Å². The van der Waals surface area contributed by atoms with Crippen LogP contribution < -0.4 is 15.0 Å². The molecule has 2 N–H and O–H groups in total. The van der Waals surface area contributed by atoms with Gasteiger partial charge < -0.3 is 15.2 Å². The van der Waals surface area contributed by atoms with Crippen molar-refractivity contribution in [3.05, 3.63) is 40.0 Å². The van der Waals surface area contributed by atoms with Crippen LogP contribution in [0.25, 0.3) is 0 Å². The van der Waals surface area contributed by atoms with Crippen molar-refractivity contribution in [1.29, 1.82) is 0 Å². The molecule has 0 fully saturated rings. The van der Waals surface area contributed by atoms with Crippen LogP contribution in [0.3, 0.4) is 0 Å². The van der Waals surface area contributed by atoms with Crippen LogP contribution in [0, 0.1) is 0 Å². The summed E-state index contributed by atoms with van der Waals surface area (Å²) in [6.45, 7) is 6.12. The predicted molar refractivity (Wildman–Crippen MR) is 103 cm³/mol. The Morgan fingerprint density at radius 2 is 2.12 bits per heavy atom. The van der Waals surface area contributed by atoms with Gasteiger partial charge in [0.25, 0.3) is 0 Å². The zero-order valence-electron chi connectivity index (χ0n) is 14.5. The van der Waals surface area contributed by atoms with Gasteiger partial charge in [-0.1, -0.05) is 25.4 Å². The van der Waals surface area contributed by atoms with Crippen molar-refractivity contribution >= 4 is 40.2 Å². The third-order valence-electron chi connectivity index (χ3n) is 3.45. The first-order chi connectivity index (χ1) is 11.9. The van der Waals surface area contributed by atoms with Gasteiger partial charge in [0.05, 0.1) is 16.4 Å². The normalized spacial score (nSPS) is 12.2. The largest absolute Gasteiger partial charge is 0.489 e. The number of hydrogen-bond donors (Lipinski definition) is 2. The fourth-order valence-electron chi connectivity index (χ4n) is 2.26. The Balaban J connectivity index is 2.06. The minimum Gasteiger partial charge on any atom is -0.489 e. The van der Waals surface area contributed by atoms with Gasteiger partial charge in [-0.05, 0) is 29.6 Å². The fraction of sp³-hybridized carbons (Fsp3) is 0.389. The molecule has 0 spiro atoms. The molecule has 1 unspecified atom stereocenters. The molecule has 1 atom stereocenters. The van der Waals surface area contributed by atoms with Crippen molar-refractivity contribution in [2.75, 3.05) is 18.1 Å². The van der Waals surface area contributed by atoms with E-state index in [1.165, 1.54) is 18.3 Å². The molecule has 0 aliphatic rings. The topological polar surface area (TPSA) is 61.8 Å². The number of anilines is 2. The summed E-state index contributed by atoms with van der Waals surface area (Å²) in [5.74, 6) is 0.376. The van der Waals surface area contributed by atoms with E-state index >= 15 is 0 Å². The summed E-state index contributed by atoms with van der Waals surface area (Å²) >= 11 is 7.81. The second-order valence-corrected chi connectivity index (χ2v) is 7.17. The standard InChI is InChI=1S/C18H23ClN2O3S/c1-12(2)20-9-16(23)10-24-18-5-4-14(8-17(18)19)21(13(3)22)15-6-7-25-11-15/h4-8,11-12,16,20,23H,9-10H2,1-3H3. The van der Waals surface area contributed by atoms with Crippen LogP contribution in [-0.2, 0) is 4.79 Å². The van der Waals surface area contributed by atoms with Crippen molar-refractivity contribution in [2.24, 2.45) is 0 Å². The molecular weight excluding hydrogens is 360 g/mol. The molecule has 0 aliphatic heterocycles. The number of carbonyl (C=O) groups excluding carboxylic acids is 1. The first-order valence-corrected chi connectivity index (χ1v) is 9.37. The number of thiophene rings is 1. The molecule has 136 valence electrons. The van der Waals surface area contributed by atoms with Gasteiger partial charge in [0.15, 0.2) is 0 Å². The van der Waals surface area contributed by atoms with Crippen LogP contribution in [0.5, 0.6) is 5.75 Å². The number of nitrogens with one attached hydrogen (secondary N) is 1. The third-order valence-corrected chi connectivity index (χ3v) is 4.41. The molecule has 0 radical (unpaired) electrons. The zero-order chi connectivity index (χ0) is 18.4. The van der Waals surface area contributed by atoms with Gasteiger partial charge in [-0.3, -0.25) is 9.69 Å². The Labute approximate surface area is 157 Å². The summed E-state index contributed by atoms with van der Waals surface area (Å²) in [5, 5.41) is 17.3. The quantitative estimate of drug-likeness (QED) is 0.728. The second kappa shape index (κ2) is 9.20. The Bertz CT molecular complexity index is 692. The van der Waals surface area contributed by atoms with Gasteiger partial charge in [-0.15, -0.1) is 0 Å². The maximum atomic E-state index is 12.0. The van der Waals surface area contributed by atoms with Crippen molar-refractivity contribution in [3.8, 4) is 5.75 Å². The molecule has 1 aromatic carbocycles. The highest BCUT2D eigenvalue weighted by Gasteiger charge is 2.16. The molecule has 7 heteroatoms. The lowest BCUT2D eigenvalue weighted by Gasteiger charge is -2.21. The van der Waals surface area contributed by atoms with E-state index in [2.05, 4.69) is 5.32 Å². The summed E-state index contributed by atoms with van der Waals surface area (Å²) in [6.07, 6.45) is -0.627. The highest BCUT2D eigenvalue weighted by Crippen LogP contribution is 2.33. The average Bonchev–Trinajstić information content (AvgIpc) is 3.06. The zero-order valence-corrected chi connectivity index (χ0v) is 16.1. The molecular formula is C18H23ClN2O3S. The van der Waals surface area contributed by atoms with Crippen LogP contribution in [0.1, 0.15) is 20.8 Å². The molecule has 0 aliphatic carbocycles. The summed E-state index contributed by atoms with van der Waals surface area (Å²) in [4.78, 5) is 13.6. The van der Waals surface area contributed by atoms with Crippen molar-refractivity contribution in [2.45, 2.75) is 32.9 Å². The molecule has 1 amide bonds. The number of ether oxygens (including phenoxy) is 1. The SMILES string of the molecule is CC(=O)N(c1ccsc1)c1ccc(OCC(O)CNC(C)C)c(Cl)c1. The number of carbonyl (C=O) groups is 1. The predicted octanol–water partition coefficient (Wildman–Crippen LogP) is 3.82. The molecule has 25 heavy (non-hydrogen) atoms. The van der Waals surface area contributed by atoms with Crippen LogP contribution in [-0.4, -0.2) is 36.3 Å². The monoisotopic (exact) mass is 382 g/mol. The Morgan fingerprint density at radius 1 is 1.36 bits per heavy atom. The smallest absolute Gasteiger partial charge is 0.228 e. The summed E-state index contributed by atoms with van der Waals surface area (Å²) in [7, 11) is 0. The van der Waals surface area contributed by atoms with Gasteiger partial charge >= 0.3 is 0 Å². The van der Waals surface area contributed by atoms with E-state index in [1.54, 1.807) is 23.1 Å². The lowest BCUT2D eigenvalue weighted by Crippen LogP contribution is -2.35. The van der Waals surface area contributed by atoms with Crippen molar-refractivity contribution in [3.63, 3.8) is 0 Å². The van der Waals surface area contributed by atoms with Crippen LogP contribution >= 0.6 is 22.9 Å². The number of benzene rings is 1. The van der Waals surface area contributed by atoms with Gasteiger partial charge in [0.2, 0.25) is 5.91 Å². The Morgan fingerprint density at radius 3 is 2.68 bits per heavy atom. The molecule has 0 saturated carbocycles. The first-order valence-electron chi connectivity index (χ1n) is 8.05. The van der Waals surface area contributed by atoms with E-state index in [0.717, 1.165) is 5.69 Å². The van der Waals surface area contributed by atoms with Crippen molar-refractivity contribution < 1.29 is 14.6 Å². The number of nitrogens with zero attached hydrogens (tertiary/aromatic N) is 1. The lowest BCUT2D eigenvalue weighted by molar-refractivity contribution is -0.115.